The molecule has 5 heterocycles. The number of anilines is 3. The number of carbonyl (C=O) groups is 1. The van der Waals surface area contributed by atoms with Crippen LogP contribution in [0, 0.1) is 5.41 Å². The number of halogens is 3. The number of nitrogens with zero attached hydrogens (tertiary/aromatic N) is 6. The Morgan fingerprint density at radius 2 is 1.88 bits per heavy atom. The predicted molar refractivity (Wildman–Crippen MR) is 116 cm³/mol. The minimum absolute atomic E-state index is 0.0701. The van der Waals surface area contributed by atoms with E-state index >= 15 is 0 Å². The van der Waals surface area contributed by atoms with Crippen LogP contribution in [0.5, 0.6) is 5.75 Å². The van der Waals surface area contributed by atoms with Crippen LogP contribution in [0.25, 0.3) is 11.4 Å². The third-order valence-corrected chi connectivity index (χ3v) is 5.73. The summed E-state index contributed by atoms with van der Waals surface area (Å²) in [5.74, 6) is 1.25. The molecule has 2 aliphatic rings. The van der Waals surface area contributed by atoms with Gasteiger partial charge in [0.25, 0.3) is 0 Å². The van der Waals surface area contributed by atoms with Crippen molar-refractivity contribution in [2.45, 2.75) is 13.3 Å². The molecule has 2 aliphatic heterocycles. The molecular weight excluding hydrogens is 451 g/mol. The maximum absolute atomic E-state index is 12.6. The molecule has 3 aromatic heterocycles. The van der Waals surface area contributed by atoms with Gasteiger partial charge in [-0.05, 0) is 18.2 Å². The highest BCUT2D eigenvalue weighted by Crippen LogP contribution is 2.42. The largest absolute Gasteiger partial charge is 0.573 e. The lowest BCUT2D eigenvalue weighted by molar-refractivity contribution is -0.274. The van der Waals surface area contributed by atoms with Gasteiger partial charge in [-0.3, -0.25) is 9.78 Å². The standard InChI is InChI=1S/C22H20F3N7O2/c1-14(33)31-10-21(11-31)12-32(13-21)19-8-18(29-20(30-19)15-3-2-5-26-9-15)28-17-7-16(4-6-27-17)34-22(23,24)25/h2-9H,10-13H2,1H3,(H,27,28,29,30). The van der Waals surface area contributed by atoms with Gasteiger partial charge >= 0.3 is 6.36 Å². The van der Waals surface area contributed by atoms with Gasteiger partial charge in [0.05, 0.1) is 0 Å². The highest BCUT2D eigenvalue weighted by atomic mass is 19.4. The Labute approximate surface area is 192 Å². The number of alkyl halides is 3. The van der Waals surface area contributed by atoms with Gasteiger partial charge in [-0.1, -0.05) is 0 Å². The van der Waals surface area contributed by atoms with Crippen molar-refractivity contribution in [2.75, 3.05) is 36.4 Å². The Morgan fingerprint density at radius 1 is 1.09 bits per heavy atom. The van der Waals surface area contributed by atoms with E-state index in [1.165, 1.54) is 6.20 Å². The Morgan fingerprint density at radius 3 is 2.56 bits per heavy atom. The molecule has 1 amide bonds. The first-order chi connectivity index (χ1) is 16.2. The highest BCUT2D eigenvalue weighted by molar-refractivity contribution is 5.75. The maximum atomic E-state index is 12.6. The maximum Gasteiger partial charge on any atom is 0.573 e. The summed E-state index contributed by atoms with van der Waals surface area (Å²) in [5, 5.41) is 2.94. The van der Waals surface area contributed by atoms with Gasteiger partial charge in [-0.2, -0.15) is 0 Å². The molecule has 9 nitrogen and oxygen atoms in total. The van der Waals surface area contributed by atoms with Crippen molar-refractivity contribution in [3.8, 4) is 17.1 Å². The fourth-order valence-electron chi connectivity index (χ4n) is 4.20. The van der Waals surface area contributed by atoms with Crippen LogP contribution in [0.15, 0.2) is 48.9 Å². The second-order valence-corrected chi connectivity index (χ2v) is 8.46. The number of likely N-dealkylation sites (tertiary alicyclic amines) is 1. The summed E-state index contributed by atoms with van der Waals surface area (Å²) in [4.78, 5) is 32.8. The normalized spacial score (nSPS) is 16.6. The molecule has 1 N–H and O–H groups in total. The van der Waals surface area contributed by atoms with Gasteiger partial charge < -0.3 is 19.9 Å². The quantitative estimate of drug-likeness (QED) is 0.606. The van der Waals surface area contributed by atoms with Crippen LogP contribution in [-0.4, -0.2) is 63.3 Å². The molecule has 3 aromatic rings. The molecule has 0 saturated carbocycles. The van der Waals surface area contributed by atoms with Crippen molar-refractivity contribution in [1.29, 1.82) is 0 Å². The molecule has 0 atom stereocenters. The van der Waals surface area contributed by atoms with Crippen molar-refractivity contribution >= 4 is 23.4 Å². The minimum Gasteiger partial charge on any atom is -0.406 e. The molecule has 0 aliphatic carbocycles. The molecule has 1 spiro atoms. The van der Waals surface area contributed by atoms with Gasteiger partial charge in [0.2, 0.25) is 5.91 Å². The van der Waals surface area contributed by atoms with Crippen molar-refractivity contribution in [1.82, 2.24) is 24.8 Å². The van der Waals surface area contributed by atoms with E-state index in [9.17, 15) is 18.0 Å². The van der Waals surface area contributed by atoms with Crippen LogP contribution in [0.1, 0.15) is 6.92 Å². The molecule has 0 bridgehead atoms. The smallest absolute Gasteiger partial charge is 0.406 e. The molecule has 176 valence electrons. The molecular formula is C22H20F3N7O2. The summed E-state index contributed by atoms with van der Waals surface area (Å²) < 4.78 is 41.7. The van der Waals surface area contributed by atoms with Crippen LogP contribution < -0.4 is 15.0 Å². The van der Waals surface area contributed by atoms with Crippen molar-refractivity contribution in [3.63, 3.8) is 0 Å². The average Bonchev–Trinajstić information content (AvgIpc) is 2.71. The molecule has 5 rings (SSSR count). The van der Waals surface area contributed by atoms with Gasteiger partial charge in [0.1, 0.15) is 23.2 Å². The third-order valence-electron chi connectivity index (χ3n) is 5.73. The van der Waals surface area contributed by atoms with E-state index in [0.717, 1.165) is 38.3 Å². The number of ether oxygens (including phenoxy) is 1. The summed E-state index contributed by atoms with van der Waals surface area (Å²) in [5.41, 5.74) is 0.764. The zero-order chi connectivity index (χ0) is 23.9. The first kappa shape index (κ1) is 21.9. The lowest BCUT2D eigenvalue weighted by Gasteiger charge is -2.60. The molecule has 0 radical (unpaired) electrons. The summed E-state index contributed by atoms with van der Waals surface area (Å²) in [7, 11) is 0. The van der Waals surface area contributed by atoms with E-state index in [2.05, 4.69) is 34.9 Å². The summed E-state index contributed by atoms with van der Waals surface area (Å²) >= 11 is 0. The highest BCUT2D eigenvalue weighted by Gasteiger charge is 2.53. The lowest BCUT2D eigenvalue weighted by atomic mass is 9.73. The van der Waals surface area contributed by atoms with Gasteiger partial charge in [0, 0.05) is 74.8 Å². The van der Waals surface area contributed by atoms with E-state index in [0.29, 0.717) is 23.0 Å². The predicted octanol–water partition coefficient (Wildman–Crippen LogP) is 3.24. The van der Waals surface area contributed by atoms with E-state index in [4.69, 9.17) is 0 Å². The topological polar surface area (TPSA) is 96.4 Å². The zero-order valence-corrected chi connectivity index (χ0v) is 18.1. The van der Waals surface area contributed by atoms with Crippen molar-refractivity contribution in [3.05, 3.63) is 48.9 Å². The second kappa shape index (κ2) is 8.12. The molecule has 2 saturated heterocycles. The summed E-state index contributed by atoms with van der Waals surface area (Å²) in [6, 6.07) is 7.56. The Bertz CT molecular complexity index is 1210. The number of nitrogens with one attached hydrogen (secondary N) is 1. The molecule has 12 heteroatoms. The second-order valence-electron chi connectivity index (χ2n) is 8.46. The van der Waals surface area contributed by atoms with Crippen LogP contribution in [0.2, 0.25) is 0 Å². The van der Waals surface area contributed by atoms with E-state index in [1.54, 1.807) is 31.5 Å². The van der Waals surface area contributed by atoms with Crippen LogP contribution in [-0.2, 0) is 4.79 Å². The SMILES string of the molecule is CC(=O)N1CC2(C1)CN(c1cc(Nc3cc(OC(F)(F)F)ccn3)nc(-c3cccnc3)n1)C2. The number of carbonyl (C=O) groups excluding carboxylic acids is 1. The molecule has 0 unspecified atom stereocenters. The fourth-order valence-corrected chi connectivity index (χ4v) is 4.20. The minimum atomic E-state index is -4.80. The number of rotatable bonds is 5. The Hall–Kier alpha value is -3.96. The van der Waals surface area contributed by atoms with Crippen LogP contribution in [0.3, 0.4) is 0 Å². The zero-order valence-electron chi connectivity index (χ0n) is 18.1. The number of hydrogen-bond acceptors (Lipinski definition) is 8. The van der Waals surface area contributed by atoms with E-state index in [-0.39, 0.29) is 17.1 Å². The van der Waals surface area contributed by atoms with Gasteiger partial charge in [-0.15, -0.1) is 13.2 Å². The van der Waals surface area contributed by atoms with Crippen LogP contribution >= 0.6 is 0 Å². The average molecular weight is 471 g/mol. The van der Waals surface area contributed by atoms with Gasteiger partial charge in [-0.25, -0.2) is 15.0 Å². The third kappa shape index (κ3) is 4.56. The van der Waals surface area contributed by atoms with Crippen molar-refractivity contribution in [2.24, 2.45) is 5.41 Å². The first-order valence-corrected chi connectivity index (χ1v) is 10.5. The fraction of sp³-hybridized carbons (Fsp3) is 0.318. The molecule has 2 fully saturated rings. The van der Waals surface area contributed by atoms with Gasteiger partial charge in [0.15, 0.2) is 5.82 Å². The number of aromatic nitrogens is 4. The van der Waals surface area contributed by atoms with Crippen LogP contribution in [0.4, 0.5) is 30.6 Å². The first-order valence-electron chi connectivity index (χ1n) is 10.5. The molecule has 34 heavy (non-hydrogen) atoms. The number of amides is 1. The van der Waals surface area contributed by atoms with E-state index in [1.807, 2.05) is 11.0 Å². The van der Waals surface area contributed by atoms with E-state index < -0.39 is 12.1 Å². The lowest BCUT2D eigenvalue weighted by Crippen LogP contribution is -2.73. The Balaban J connectivity index is 1.39. The number of hydrogen-bond donors (Lipinski definition) is 1. The molecule has 0 aromatic carbocycles. The Kier molecular flexibility index (Phi) is 5.22. The number of pyridine rings is 2. The summed E-state index contributed by atoms with van der Waals surface area (Å²) in [6.07, 6.45) is -0.322. The van der Waals surface area contributed by atoms with Crippen molar-refractivity contribution < 1.29 is 22.7 Å². The summed E-state index contributed by atoms with van der Waals surface area (Å²) in [6.45, 7) is 4.50. The monoisotopic (exact) mass is 471 g/mol.